The molecule has 0 radical (unpaired) electrons. The van der Waals surface area contributed by atoms with E-state index in [0.717, 1.165) is 5.69 Å². The smallest absolute Gasteiger partial charge is 0.311 e. The molecule has 0 spiro atoms. The summed E-state index contributed by atoms with van der Waals surface area (Å²) in [6.07, 6.45) is 0.0862. The maximum atomic E-state index is 12.2. The third-order valence-electron chi connectivity index (χ3n) is 4.04. The van der Waals surface area contributed by atoms with E-state index in [-0.39, 0.29) is 31.3 Å². The number of nitrogens with zero attached hydrogens (tertiary/aromatic N) is 1. The second kappa shape index (κ2) is 7.49. The lowest BCUT2D eigenvalue weighted by atomic mass is 10.1. The molecule has 1 atom stereocenters. The Bertz CT molecular complexity index is 789. The summed E-state index contributed by atoms with van der Waals surface area (Å²) in [5, 5.41) is 0.527. The predicted octanol–water partition coefficient (Wildman–Crippen LogP) is 3.12. The third-order valence-corrected chi connectivity index (χ3v) is 4.29. The maximum absolute atomic E-state index is 12.2. The topological polar surface area (TPSA) is 63.7 Å². The van der Waals surface area contributed by atoms with Gasteiger partial charge < -0.3 is 9.64 Å². The molecule has 6 heteroatoms. The first kappa shape index (κ1) is 17.2. The Morgan fingerprint density at radius 2 is 1.76 bits per heavy atom. The zero-order valence-corrected chi connectivity index (χ0v) is 14.1. The molecule has 0 saturated carbocycles. The number of halogens is 1. The van der Waals surface area contributed by atoms with Crippen LogP contribution in [0.15, 0.2) is 54.6 Å². The minimum atomic E-state index is -0.564. The first-order valence-electron chi connectivity index (χ1n) is 7.85. The van der Waals surface area contributed by atoms with Crippen molar-refractivity contribution in [1.82, 2.24) is 0 Å². The molecule has 0 aliphatic carbocycles. The van der Waals surface area contributed by atoms with Gasteiger partial charge in [0, 0.05) is 29.2 Å². The number of hydrogen-bond acceptors (Lipinski definition) is 4. The standard InChI is InChI=1S/C19H16ClNO4/c20-15-8-6-13(7-9-15)17(22)12-25-19(24)14-10-18(23)21(11-14)16-4-2-1-3-5-16/h1-9,14H,10-12H2. The quantitative estimate of drug-likeness (QED) is 0.609. The Hall–Kier alpha value is -2.66. The lowest BCUT2D eigenvalue weighted by Gasteiger charge is -2.16. The molecule has 3 rings (SSSR count). The molecule has 1 aliphatic heterocycles. The Kier molecular flexibility index (Phi) is 5.14. The second-order valence-corrected chi connectivity index (χ2v) is 6.22. The highest BCUT2D eigenvalue weighted by Gasteiger charge is 2.36. The Morgan fingerprint density at radius 3 is 2.44 bits per heavy atom. The van der Waals surface area contributed by atoms with Crippen LogP contribution < -0.4 is 4.90 Å². The van der Waals surface area contributed by atoms with E-state index in [1.165, 1.54) is 0 Å². The van der Waals surface area contributed by atoms with Crippen molar-refractivity contribution in [2.45, 2.75) is 6.42 Å². The highest BCUT2D eigenvalue weighted by molar-refractivity contribution is 6.30. The molecular formula is C19H16ClNO4. The summed E-state index contributed by atoms with van der Waals surface area (Å²) in [6.45, 7) is -0.0900. The predicted molar refractivity (Wildman–Crippen MR) is 93.6 cm³/mol. The van der Waals surface area contributed by atoms with Crippen LogP contribution in [-0.4, -0.2) is 30.8 Å². The van der Waals surface area contributed by atoms with Gasteiger partial charge in [-0.3, -0.25) is 14.4 Å². The van der Waals surface area contributed by atoms with Crippen molar-refractivity contribution >= 4 is 34.9 Å². The molecule has 0 aromatic heterocycles. The van der Waals surface area contributed by atoms with Gasteiger partial charge >= 0.3 is 5.97 Å². The van der Waals surface area contributed by atoms with Gasteiger partial charge in [0.25, 0.3) is 0 Å². The molecule has 25 heavy (non-hydrogen) atoms. The van der Waals surface area contributed by atoms with Gasteiger partial charge in [0.2, 0.25) is 5.91 Å². The monoisotopic (exact) mass is 357 g/mol. The number of hydrogen-bond donors (Lipinski definition) is 0. The zero-order valence-electron chi connectivity index (χ0n) is 13.4. The number of carbonyl (C=O) groups is 3. The summed E-state index contributed by atoms with van der Waals surface area (Å²) in [5.41, 5.74) is 1.17. The minimum absolute atomic E-state index is 0.0862. The Morgan fingerprint density at radius 1 is 1.08 bits per heavy atom. The molecule has 1 saturated heterocycles. The van der Waals surface area contributed by atoms with Crippen LogP contribution in [0.4, 0.5) is 5.69 Å². The average molecular weight is 358 g/mol. The molecule has 2 aromatic carbocycles. The van der Waals surface area contributed by atoms with E-state index in [2.05, 4.69) is 0 Å². The summed E-state index contributed by atoms with van der Waals surface area (Å²) in [4.78, 5) is 37.9. The van der Waals surface area contributed by atoms with Gasteiger partial charge in [-0.15, -0.1) is 0 Å². The first-order valence-corrected chi connectivity index (χ1v) is 8.23. The number of ketones is 1. The number of esters is 1. The van der Waals surface area contributed by atoms with Crippen molar-refractivity contribution in [1.29, 1.82) is 0 Å². The van der Waals surface area contributed by atoms with E-state index >= 15 is 0 Å². The van der Waals surface area contributed by atoms with Crippen molar-refractivity contribution < 1.29 is 19.1 Å². The molecular weight excluding hydrogens is 342 g/mol. The van der Waals surface area contributed by atoms with Crippen molar-refractivity contribution in [2.24, 2.45) is 5.92 Å². The summed E-state index contributed by atoms with van der Waals surface area (Å²) >= 11 is 5.77. The van der Waals surface area contributed by atoms with Crippen molar-refractivity contribution in [2.75, 3.05) is 18.1 Å². The fourth-order valence-corrected chi connectivity index (χ4v) is 2.82. The van der Waals surface area contributed by atoms with E-state index in [1.54, 1.807) is 29.2 Å². The number of para-hydroxylation sites is 1. The molecule has 1 aliphatic rings. The summed E-state index contributed by atoms with van der Waals surface area (Å²) in [5.74, 6) is -1.54. The highest BCUT2D eigenvalue weighted by Crippen LogP contribution is 2.25. The molecule has 1 fully saturated rings. The molecule has 2 aromatic rings. The van der Waals surface area contributed by atoms with Crippen molar-refractivity contribution in [3.8, 4) is 0 Å². The SMILES string of the molecule is O=C(COC(=O)C1CC(=O)N(c2ccccc2)C1)c1ccc(Cl)cc1. The van der Waals surface area contributed by atoms with E-state index in [4.69, 9.17) is 16.3 Å². The Labute approximate surface area is 150 Å². The van der Waals surface area contributed by atoms with Gasteiger partial charge in [-0.2, -0.15) is 0 Å². The zero-order chi connectivity index (χ0) is 17.8. The molecule has 5 nitrogen and oxygen atoms in total. The molecule has 1 heterocycles. The van der Waals surface area contributed by atoms with Crippen LogP contribution in [0.3, 0.4) is 0 Å². The van der Waals surface area contributed by atoms with Crippen molar-refractivity contribution in [3.05, 3.63) is 65.2 Å². The largest absolute Gasteiger partial charge is 0.457 e. The molecule has 1 unspecified atom stereocenters. The van der Waals surface area contributed by atoms with Gasteiger partial charge in [0.1, 0.15) is 0 Å². The summed E-state index contributed by atoms with van der Waals surface area (Å²) < 4.78 is 5.10. The fourth-order valence-electron chi connectivity index (χ4n) is 2.70. The van der Waals surface area contributed by atoms with Crippen LogP contribution in [0.1, 0.15) is 16.8 Å². The third kappa shape index (κ3) is 4.06. The molecule has 0 bridgehead atoms. The normalized spacial score (nSPS) is 16.8. The minimum Gasteiger partial charge on any atom is -0.457 e. The van der Waals surface area contributed by atoms with Crippen LogP contribution in [0, 0.1) is 5.92 Å². The fraction of sp³-hybridized carbons (Fsp3) is 0.211. The van der Waals surface area contributed by atoms with Gasteiger partial charge in [0.05, 0.1) is 5.92 Å². The number of carbonyl (C=O) groups excluding carboxylic acids is 3. The van der Waals surface area contributed by atoms with Crippen LogP contribution >= 0.6 is 11.6 Å². The van der Waals surface area contributed by atoms with Gasteiger partial charge in [0.15, 0.2) is 12.4 Å². The van der Waals surface area contributed by atoms with Crippen LogP contribution in [0.5, 0.6) is 0 Å². The van der Waals surface area contributed by atoms with Crippen molar-refractivity contribution in [3.63, 3.8) is 0 Å². The molecule has 128 valence electrons. The van der Waals surface area contributed by atoms with Gasteiger partial charge in [-0.25, -0.2) is 0 Å². The second-order valence-electron chi connectivity index (χ2n) is 5.78. The summed E-state index contributed by atoms with van der Waals surface area (Å²) in [6, 6.07) is 15.5. The lowest BCUT2D eigenvalue weighted by Crippen LogP contribution is -2.27. The molecule has 1 amide bonds. The van der Waals surface area contributed by atoms with Crippen LogP contribution in [0.25, 0.3) is 0 Å². The van der Waals surface area contributed by atoms with Gasteiger partial charge in [-0.05, 0) is 36.4 Å². The number of anilines is 1. The highest BCUT2D eigenvalue weighted by atomic mass is 35.5. The van der Waals surface area contributed by atoms with E-state index in [9.17, 15) is 14.4 Å². The Balaban J connectivity index is 1.56. The van der Waals surface area contributed by atoms with E-state index in [0.29, 0.717) is 10.6 Å². The lowest BCUT2D eigenvalue weighted by molar-refractivity contribution is -0.147. The molecule has 0 N–H and O–H groups in total. The first-order chi connectivity index (χ1) is 12.0. The van der Waals surface area contributed by atoms with E-state index in [1.807, 2.05) is 30.3 Å². The number of amides is 1. The number of rotatable bonds is 5. The average Bonchev–Trinajstić information content (AvgIpc) is 3.02. The summed E-state index contributed by atoms with van der Waals surface area (Å²) in [7, 11) is 0. The van der Waals surface area contributed by atoms with Crippen LogP contribution in [-0.2, 0) is 14.3 Å². The maximum Gasteiger partial charge on any atom is 0.311 e. The van der Waals surface area contributed by atoms with E-state index < -0.39 is 11.9 Å². The number of benzene rings is 2. The number of ether oxygens (including phenoxy) is 1. The number of Topliss-reactive ketones (excluding diaryl/α,β-unsaturated/α-hetero) is 1. The van der Waals surface area contributed by atoms with Crippen LogP contribution in [0.2, 0.25) is 5.02 Å². The van der Waals surface area contributed by atoms with Gasteiger partial charge in [-0.1, -0.05) is 29.8 Å².